The molecule has 8 heterocycles. The van der Waals surface area contributed by atoms with E-state index < -0.39 is 56.1 Å². The fourth-order valence-electron chi connectivity index (χ4n) is 18.3. The minimum absolute atomic E-state index is 0.130. The molecular formula is C108H102Br2N8O20S4. The van der Waals surface area contributed by atoms with E-state index in [1.807, 2.05) is 202 Å². The van der Waals surface area contributed by atoms with E-state index in [1.165, 1.54) is 17.2 Å². The van der Waals surface area contributed by atoms with Crippen LogP contribution in [0.5, 0.6) is 0 Å². The number of carbonyl (C=O) groups is 4. The van der Waals surface area contributed by atoms with Crippen molar-refractivity contribution in [1.29, 1.82) is 0 Å². The Kier molecular flexibility index (Phi) is 35.3. The Hall–Kier alpha value is -14.3. The van der Waals surface area contributed by atoms with Crippen LogP contribution in [0.2, 0.25) is 0 Å². The molecule has 7 aromatic carbocycles. The number of ether oxygens (including phenoxy) is 4. The van der Waals surface area contributed by atoms with Crippen LogP contribution in [0.3, 0.4) is 0 Å². The molecule has 28 nitrogen and oxygen atoms in total. The van der Waals surface area contributed by atoms with Crippen LogP contribution >= 0.6 is 31.9 Å². The molecule has 0 unspecified atom stereocenters. The highest BCUT2D eigenvalue weighted by Gasteiger charge is 2.37. The summed E-state index contributed by atoms with van der Waals surface area (Å²) in [5, 5.41) is 0. The third-order valence-corrected chi connectivity index (χ3v) is 27.7. The number of hydrogen-bond acceptors (Lipinski definition) is 20. The Morgan fingerprint density at radius 1 is 0.338 bits per heavy atom. The molecule has 4 aliphatic rings. The number of pyridine rings is 4. The molecule has 0 saturated heterocycles. The zero-order valence-electron chi connectivity index (χ0n) is 79.4. The summed E-state index contributed by atoms with van der Waals surface area (Å²) >= 11 is 5.14. The van der Waals surface area contributed by atoms with Crippen molar-refractivity contribution in [3.05, 3.63) is 386 Å². The Morgan fingerprint density at radius 3 is 1.10 bits per heavy atom. The van der Waals surface area contributed by atoms with E-state index in [4.69, 9.17) is 44.2 Å². The third-order valence-electron chi connectivity index (χ3n) is 24.9. The van der Waals surface area contributed by atoms with E-state index in [1.54, 1.807) is 20.8 Å². The monoisotopic (exact) mass is 2120 g/mol. The lowest BCUT2D eigenvalue weighted by molar-refractivity contribution is 0.0504. The van der Waals surface area contributed by atoms with Gasteiger partial charge in [-0.1, -0.05) is 193 Å². The smallest absolute Gasteiger partial charge is 0.356 e. The van der Waals surface area contributed by atoms with Crippen molar-refractivity contribution < 1.29 is 71.8 Å². The number of nitrogens with one attached hydrogen (secondary N) is 4. The minimum atomic E-state index is -3.65. The molecule has 0 spiro atoms. The summed E-state index contributed by atoms with van der Waals surface area (Å²) < 4.78 is 105. The predicted octanol–water partition coefficient (Wildman–Crippen LogP) is 18.1. The molecule has 0 atom stereocenters. The average Bonchev–Trinajstić information content (AvgIpc) is 1.62. The van der Waals surface area contributed by atoms with Gasteiger partial charge < -0.3 is 57.2 Å². The van der Waals surface area contributed by atoms with E-state index >= 15 is 0 Å². The van der Waals surface area contributed by atoms with Crippen LogP contribution in [0, 0.1) is 34.6 Å². The molecule has 0 fully saturated rings. The summed E-state index contributed by atoms with van der Waals surface area (Å²) in [5.41, 5.74) is 29.9. The number of carbonyl (C=O) groups excluding carboxylic acids is 4. The van der Waals surface area contributed by atoms with Crippen molar-refractivity contribution in [2.24, 2.45) is 0 Å². The second kappa shape index (κ2) is 47.8. The number of benzene rings is 7. The maximum Gasteiger partial charge on any atom is 0.356 e. The molecule has 34 heteroatoms. The second-order valence-electron chi connectivity index (χ2n) is 34.0. The van der Waals surface area contributed by atoms with Crippen LogP contribution in [-0.2, 0) is 141 Å². The van der Waals surface area contributed by atoms with Crippen molar-refractivity contribution in [2.75, 3.05) is 32.7 Å². The zero-order chi connectivity index (χ0) is 102. The number of nitrogens with zero attached hydrogens (tertiary/aromatic N) is 4. The van der Waals surface area contributed by atoms with Crippen LogP contribution in [0.1, 0.15) is 164 Å². The highest BCUT2D eigenvalue weighted by molar-refractivity contribution is 9.11. The normalized spacial score (nSPS) is 11.8. The number of esters is 4. The summed E-state index contributed by atoms with van der Waals surface area (Å²) in [4.78, 5) is 116. The van der Waals surface area contributed by atoms with Gasteiger partial charge in [0.25, 0.3) is 22.2 Å². The first-order chi connectivity index (χ1) is 68.3. The van der Waals surface area contributed by atoms with Gasteiger partial charge in [0.15, 0.2) is 9.84 Å². The van der Waals surface area contributed by atoms with Gasteiger partial charge in [0.2, 0.25) is 0 Å². The van der Waals surface area contributed by atoms with Gasteiger partial charge in [-0.15, -0.1) is 0 Å². The van der Waals surface area contributed by atoms with E-state index in [9.17, 15) is 46.8 Å². The molecule has 142 heavy (non-hydrogen) atoms. The van der Waals surface area contributed by atoms with Crippen molar-refractivity contribution in [3.8, 4) is 78.9 Å². The molecule has 0 saturated carbocycles. The number of halogens is 2. The van der Waals surface area contributed by atoms with Crippen LogP contribution in [-0.4, -0.2) is 128 Å². The molecule has 4 N–H and O–H groups in total. The number of rotatable bonds is 20. The molecule has 0 aliphatic heterocycles. The number of sulfone groups is 1. The summed E-state index contributed by atoms with van der Waals surface area (Å²) in [6.45, 7) is 20.5. The Bertz CT molecular complexity index is 7780. The summed E-state index contributed by atoms with van der Waals surface area (Å²) in [5.74, 6) is -1.52. The van der Waals surface area contributed by atoms with Crippen molar-refractivity contribution in [3.63, 3.8) is 0 Å². The van der Waals surface area contributed by atoms with Gasteiger partial charge in [-0.3, -0.25) is 19.2 Å². The first-order valence-electron chi connectivity index (χ1n) is 45.7. The van der Waals surface area contributed by atoms with Gasteiger partial charge in [0, 0.05) is 49.1 Å². The van der Waals surface area contributed by atoms with Crippen LogP contribution in [0.25, 0.3) is 78.9 Å². The molecule has 8 aromatic heterocycles. The second-order valence-corrected chi connectivity index (χ2v) is 38.0. The van der Waals surface area contributed by atoms with Gasteiger partial charge in [-0.25, -0.2) is 27.6 Å². The lowest BCUT2D eigenvalue weighted by Gasteiger charge is -2.21. The first kappa shape index (κ1) is 105. The Balaban J connectivity index is 0.000000155. The van der Waals surface area contributed by atoms with Gasteiger partial charge >= 0.3 is 58.6 Å². The quantitative estimate of drug-likeness (QED) is 0.0407. The number of hydrogen-bond donors (Lipinski definition) is 4. The summed E-state index contributed by atoms with van der Waals surface area (Å²) in [7, 11) is -3.65. The van der Waals surface area contributed by atoms with Gasteiger partial charge in [-0.2, -0.15) is 25.3 Å². The summed E-state index contributed by atoms with van der Waals surface area (Å²) in [6.07, 6.45) is 6.89. The molecule has 0 amide bonds. The Morgan fingerprint density at radius 2 is 0.690 bits per heavy atom. The van der Waals surface area contributed by atoms with Crippen LogP contribution in [0.4, 0.5) is 0 Å². The largest absolute Gasteiger partial charge is 0.461 e. The van der Waals surface area contributed by atoms with Gasteiger partial charge in [-0.05, 0) is 282 Å². The van der Waals surface area contributed by atoms with Crippen molar-refractivity contribution >= 4 is 100 Å². The molecular weight excluding hydrogens is 2020 g/mol. The highest BCUT2D eigenvalue weighted by atomic mass is 79.9. The molecule has 732 valence electrons. The zero-order valence-corrected chi connectivity index (χ0v) is 85.9. The van der Waals surface area contributed by atoms with Crippen LogP contribution < -0.4 is 22.2 Å². The lowest BCUT2D eigenvalue weighted by atomic mass is 9.92. The van der Waals surface area contributed by atoms with E-state index in [0.29, 0.717) is 104 Å². The highest BCUT2D eigenvalue weighted by Crippen LogP contribution is 2.45. The van der Waals surface area contributed by atoms with E-state index in [0.717, 1.165) is 194 Å². The lowest BCUT2D eigenvalue weighted by Crippen LogP contribution is -2.22. The number of fused-ring (bicyclic) bond motifs is 12. The minimum Gasteiger partial charge on any atom is -0.461 e. The number of aryl methyl sites for hydroxylation is 11. The maximum absolute atomic E-state index is 13.2. The molecule has 4 aliphatic carbocycles. The topological polar surface area (TPSA) is 393 Å². The predicted molar refractivity (Wildman–Crippen MR) is 553 cm³/mol. The standard InChI is InChI=1S/C29H28N2O3.2C28H25BrN2O3.C23H24N2O5S.3O2S/c1-4-34-29(33)25-16-23-13-12-22-15-24(21-8-6-5-7-9-21)28(32)30-26(22)27(23)31(25)17-20-11-10-18(2)19(3)14-20;1-3-34-28(33)26-23(29)21-13-12-20-15-22(19-10-5-4-6-11-19)27(32)30-24(20)25(21)31(26)16-18-9-7-8-17(2)14-18;1-3-34-28(33)26-23(29)21-14-13-19-15-22(18-10-5-4-6-11-18)27(32)30-24(19)25(21)31(26)16-20-12-8-7-9-17(20)2;1-4-30-23(27)18-11-17-10-9-16-12-19(31(3,28)29)22(26)24-20(16)21(17)25(18)13-15-7-5-14(2)6-8-15;3*1-3-2/h5-11,14-16H,4,12-13,17H2,1-3H3,(H,30,32);4-11,14-15H,3,12-13,16H2,1-2H3,(H,30,32);4-12,15H,3,13-14,16H2,1-2H3,(H,30,32);5-8,11-12H,4,9-10,13H2,1-3H3,(H,24,26);;;. The Labute approximate surface area is 846 Å². The van der Waals surface area contributed by atoms with E-state index in [2.05, 4.69) is 122 Å². The SMILES string of the molecule is CCOC(=O)c1c(Br)c2c(n1Cc1cccc(C)c1)-c1[nH]c(=O)c(-c3ccccc3)cc1CC2.CCOC(=O)c1c(Br)c2c(n1Cc1ccccc1C)-c1[nH]c(=O)c(-c3ccccc3)cc1CC2.CCOC(=O)c1cc2c(n1Cc1ccc(C)c(C)c1)-c1[nH]c(=O)c(-c3ccccc3)cc1CC2.CCOC(=O)c1cc2c(n1Cc1ccc(C)cc1)-c1[nH]c(=O)c(S(C)(=O)=O)cc1CC2.O=S=O.O=S=O.O=S=O. The van der Waals surface area contributed by atoms with Crippen molar-refractivity contribution in [1.82, 2.24) is 38.2 Å². The molecule has 0 bridgehead atoms. The fourth-order valence-corrected chi connectivity index (χ4v) is 20.6. The first-order valence-corrected chi connectivity index (χ1v) is 51.2. The van der Waals surface area contributed by atoms with Crippen LogP contribution in [0.15, 0.2) is 251 Å². The average molecular weight is 2120 g/mol. The summed E-state index contributed by atoms with van der Waals surface area (Å²) in [6, 6.07) is 71.0. The maximum atomic E-state index is 13.2. The molecule has 19 rings (SSSR count). The van der Waals surface area contributed by atoms with E-state index in [-0.39, 0.29) is 46.1 Å². The number of aromatic nitrogens is 8. The van der Waals surface area contributed by atoms with Crippen molar-refractivity contribution in [2.45, 2.75) is 145 Å². The van der Waals surface area contributed by atoms with Gasteiger partial charge in [0.05, 0.1) is 80.9 Å². The fraction of sp³-hybridized carbons (Fsp3) is 0.241. The number of H-pyrrole nitrogens is 4. The molecule has 15 aromatic rings. The molecule has 0 radical (unpaired) electrons. The third kappa shape index (κ3) is 23.6. The number of aromatic amines is 4. The van der Waals surface area contributed by atoms with Gasteiger partial charge in [0.1, 0.15) is 27.7 Å².